The van der Waals surface area contributed by atoms with E-state index in [1.807, 2.05) is 0 Å². The molecule has 4 heteroatoms. The third kappa shape index (κ3) is 1.45. The van der Waals surface area contributed by atoms with E-state index in [1.54, 1.807) is 18.3 Å². The Balaban J connectivity index is 2.90. The van der Waals surface area contributed by atoms with Crippen LogP contribution in [-0.2, 0) is 5.18 Å². The van der Waals surface area contributed by atoms with Crippen LogP contribution >= 0.6 is 11.6 Å². The smallest absolute Gasteiger partial charge is 0.233 e. The Morgan fingerprint density at radius 2 is 2.44 bits per heavy atom. The number of nitrogens with one attached hydrogen (secondary N) is 1. The van der Waals surface area contributed by atoms with Gasteiger partial charge in [0.05, 0.1) is 5.69 Å². The minimum absolute atomic E-state index is 0.393. The van der Waals surface area contributed by atoms with Gasteiger partial charge in [0.15, 0.2) is 0 Å². The predicted octanol–water partition coefficient (Wildman–Crippen LogP) is 0.315. The second-order valence-corrected chi connectivity index (χ2v) is 2.33. The number of aromatic amines is 1. The third-order valence-corrected chi connectivity index (χ3v) is 1.18. The number of alkyl halides is 1. The summed E-state index contributed by atoms with van der Waals surface area (Å²) in [4.78, 5) is 2.67. The molecule has 0 aromatic carbocycles. The molecule has 0 aliphatic carbocycles. The third-order valence-electron chi connectivity index (χ3n) is 0.976. The quantitative estimate of drug-likeness (QED) is 0.304. The zero-order chi connectivity index (χ0) is 6.91. The summed E-state index contributed by atoms with van der Waals surface area (Å²) in [5, 5.41) is 7.13. The van der Waals surface area contributed by atoms with E-state index in [0.717, 1.165) is 0 Å². The monoisotopic (exact) mass is 146 g/mol. The maximum absolute atomic E-state index is 8.89. The average Bonchev–Trinajstić information content (AvgIpc) is 2.08. The molecular weight excluding hydrogens is 140 g/mol. The molecule has 0 spiro atoms. The highest BCUT2D eigenvalue weighted by atomic mass is 35.5. The predicted molar refractivity (Wildman–Crippen MR) is 34.7 cm³/mol. The van der Waals surface area contributed by atoms with E-state index in [1.165, 1.54) is 0 Å². The van der Waals surface area contributed by atoms with Gasteiger partial charge in [0.25, 0.3) is 0 Å². The second kappa shape index (κ2) is 2.02. The number of hydrogen-bond donors (Lipinski definition) is 3. The Morgan fingerprint density at radius 3 is 2.67 bits per heavy atom. The molecule has 1 unspecified atom stereocenters. The molecule has 0 aliphatic rings. The molecule has 1 rings (SSSR count). The first-order chi connectivity index (χ1) is 4.11. The Kier molecular flexibility index (Phi) is 1.48. The van der Waals surface area contributed by atoms with E-state index in [2.05, 4.69) is 4.98 Å². The zero-order valence-electron chi connectivity index (χ0n) is 4.63. The largest absolute Gasteiger partial charge is 0.360 e. The lowest BCUT2D eigenvalue weighted by Crippen LogP contribution is -2.29. The van der Waals surface area contributed by atoms with Crippen molar-refractivity contribution >= 4 is 11.6 Å². The first-order valence-electron chi connectivity index (χ1n) is 2.45. The summed E-state index contributed by atoms with van der Waals surface area (Å²) in [6.07, 6.45) is 1.63. The Morgan fingerprint density at radius 1 is 1.78 bits per heavy atom. The van der Waals surface area contributed by atoms with E-state index < -0.39 is 5.18 Å². The van der Waals surface area contributed by atoms with Gasteiger partial charge in [-0.2, -0.15) is 0 Å². The number of nitrogens with two attached hydrogens (primary N) is 1. The molecule has 0 radical (unpaired) electrons. The highest BCUT2D eigenvalue weighted by molar-refractivity contribution is 6.22. The highest BCUT2D eigenvalue weighted by Gasteiger charge is 2.19. The Hall–Kier alpha value is -0.510. The van der Waals surface area contributed by atoms with Crippen LogP contribution in [-0.4, -0.2) is 10.1 Å². The summed E-state index contributed by atoms with van der Waals surface area (Å²) in [5.74, 6) is 0. The summed E-state index contributed by atoms with van der Waals surface area (Å²) >= 11 is 5.30. The van der Waals surface area contributed by atoms with Crippen molar-refractivity contribution in [2.24, 2.45) is 5.73 Å². The van der Waals surface area contributed by atoms with Crippen LogP contribution in [0.1, 0.15) is 5.69 Å². The van der Waals surface area contributed by atoms with Crippen LogP contribution in [0, 0.1) is 0 Å². The fraction of sp³-hybridized carbons (Fsp3) is 0.200. The second-order valence-electron chi connectivity index (χ2n) is 1.76. The van der Waals surface area contributed by atoms with Crippen LogP contribution in [0.15, 0.2) is 18.3 Å². The standard InChI is InChI=1S/C5H7ClN2O/c6-5(7,9)4-2-1-3-8-4/h1-3,8-9H,7H2. The fourth-order valence-corrected chi connectivity index (χ4v) is 0.666. The van der Waals surface area contributed by atoms with Gasteiger partial charge >= 0.3 is 0 Å². The summed E-state index contributed by atoms with van der Waals surface area (Å²) in [6.45, 7) is 0. The van der Waals surface area contributed by atoms with E-state index in [9.17, 15) is 0 Å². The maximum Gasteiger partial charge on any atom is 0.233 e. The van der Waals surface area contributed by atoms with Crippen molar-refractivity contribution in [1.82, 2.24) is 4.98 Å². The summed E-state index contributed by atoms with van der Waals surface area (Å²) in [5.41, 5.74) is 5.48. The zero-order valence-corrected chi connectivity index (χ0v) is 5.39. The first kappa shape index (κ1) is 6.61. The lowest BCUT2D eigenvalue weighted by Gasteiger charge is -2.10. The van der Waals surface area contributed by atoms with Crippen LogP contribution in [0.3, 0.4) is 0 Å². The van der Waals surface area contributed by atoms with Gasteiger partial charge in [0, 0.05) is 6.20 Å². The number of H-pyrrole nitrogens is 1. The van der Waals surface area contributed by atoms with E-state index in [-0.39, 0.29) is 0 Å². The molecule has 4 N–H and O–H groups in total. The molecule has 0 aliphatic heterocycles. The molecule has 50 valence electrons. The van der Waals surface area contributed by atoms with Crippen LogP contribution < -0.4 is 5.73 Å². The minimum atomic E-state index is -1.76. The van der Waals surface area contributed by atoms with Gasteiger partial charge in [0.2, 0.25) is 5.18 Å². The molecule has 0 fully saturated rings. The fourth-order valence-electron chi connectivity index (χ4n) is 0.548. The van der Waals surface area contributed by atoms with Crippen LogP contribution in [0.25, 0.3) is 0 Å². The van der Waals surface area contributed by atoms with E-state index >= 15 is 0 Å². The van der Waals surface area contributed by atoms with Gasteiger partial charge in [-0.05, 0) is 12.1 Å². The number of rotatable bonds is 1. The number of hydrogen-bond acceptors (Lipinski definition) is 2. The minimum Gasteiger partial charge on any atom is -0.360 e. The van der Waals surface area contributed by atoms with Gasteiger partial charge in [-0.25, -0.2) is 0 Å². The topological polar surface area (TPSA) is 62.0 Å². The number of aliphatic hydroxyl groups is 1. The van der Waals surface area contributed by atoms with Crippen molar-refractivity contribution in [3.8, 4) is 0 Å². The Labute approximate surface area is 57.4 Å². The first-order valence-corrected chi connectivity index (χ1v) is 2.82. The van der Waals surface area contributed by atoms with Crippen molar-refractivity contribution in [3.63, 3.8) is 0 Å². The lowest BCUT2D eigenvalue weighted by atomic mass is 10.4. The molecule has 0 bridgehead atoms. The molecular formula is C5H7ClN2O. The molecule has 1 atom stereocenters. The van der Waals surface area contributed by atoms with Crippen molar-refractivity contribution in [2.45, 2.75) is 5.18 Å². The van der Waals surface area contributed by atoms with Crippen LogP contribution in [0.5, 0.6) is 0 Å². The molecule has 3 nitrogen and oxygen atoms in total. The van der Waals surface area contributed by atoms with Crippen molar-refractivity contribution in [2.75, 3.05) is 0 Å². The average molecular weight is 147 g/mol. The van der Waals surface area contributed by atoms with Crippen molar-refractivity contribution in [3.05, 3.63) is 24.0 Å². The SMILES string of the molecule is NC(O)(Cl)c1ccc[nH]1. The molecule has 1 aromatic heterocycles. The number of aromatic nitrogens is 1. The highest BCUT2D eigenvalue weighted by Crippen LogP contribution is 2.15. The van der Waals surface area contributed by atoms with Gasteiger partial charge in [-0.1, -0.05) is 11.6 Å². The lowest BCUT2D eigenvalue weighted by molar-refractivity contribution is 0.132. The molecule has 0 saturated heterocycles. The summed E-state index contributed by atoms with van der Waals surface area (Å²) in [6, 6.07) is 3.31. The van der Waals surface area contributed by atoms with E-state index in [4.69, 9.17) is 22.4 Å². The maximum atomic E-state index is 8.89. The van der Waals surface area contributed by atoms with Gasteiger partial charge in [-0.15, -0.1) is 0 Å². The molecule has 1 heterocycles. The van der Waals surface area contributed by atoms with Crippen molar-refractivity contribution in [1.29, 1.82) is 0 Å². The molecule has 0 saturated carbocycles. The Bertz CT molecular complexity index is 177. The van der Waals surface area contributed by atoms with Crippen molar-refractivity contribution < 1.29 is 5.11 Å². The van der Waals surface area contributed by atoms with E-state index in [0.29, 0.717) is 5.69 Å². The normalized spacial score (nSPS) is 17.2. The summed E-state index contributed by atoms with van der Waals surface area (Å²) < 4.78 is 0. The molecule has 1 aromatic rings. The van der Waals surface area contributed by atoms with Gasteiger partial charge in [-0.3, -0.25) is 5.73 Å². The summed E-state index contributed by atoms with van der Waals surface area (Å²) in [7, 11) is 0. The van der Waals surface area contributed by atoms with Crippen LogP contribution in [0.4, 0.5) is 0 Å². The van der Waals surface area contributed by atoms with Gasteiger partial charge < -0.3 is 10.1 Å². The van der Waals surface area contributed by atoms with Crippen LogP contribution in [0.2, 0.25) is 0 Å². The number of halogens is 1. The molecule has 9 heavy (non-hydrogen) atoms. The molecule has 0 amide bonds. The van der Waals surface area contributed by atoms with Gasteiger partial charge in [0.1, 0.15) is 0 Å².